The number of rotatable bonds is 4. The summed E-state index contributed by atoms with van der Waals surface area (Å²) in [7, 11) is 0. The van der Waals surface area contributed by atoms with Crippen molar-refractivity contribution in [3.8, 4) is 0 Å². The zero-order chi connectivity index (χ0) is 17.3. The normalized spacial score (nSPS) is 17.7. The minimum atomic E-state index is -0.212. The Morgan fingerprint density at radius 3 is 2.04 bits per heavy atom. The van der Waals surface area contributed by atoms with Crippen molar-refractivity contribution in [2.45, 2.75) is 18.8 Å². The fourth-order valence-corrected chi connectivity index (χ4v) is 3.81. The van der Waals surface area contributed by atoms with Crippen molar-refractivity contribution < 1.29 is 4.79 Å². The molecule has 1 fully saturated rings. The molecule has 0 heterocycles. The van der Waals surface area contributed by atoms with Crippen LogP contribution < -0.4 is 5.32 Å². The molecular formula is C23H21NO. The molecular weight excluding hydrogens is 306 g/mol. The summed E-state index contributed by atoms with van der Waals surface area (Å²) >= 11 is 0. The van der Waals surface area contributed by atoms with Crippen LogP contribution in [0, 0.1) is 12.8 Å². The molecule has 1 atom stereocenters. The lowest BCUT2D eigenvalue weighted by Gasteiger charge is -2.19. The average molecular weight is 327 g/mol. The number of hydrogen-bond acceptors (Lipinski definition) is 1. The molecule has 25 heavy (non-hydrogen) atoms. The molecule has 1 aliphatic rings. The predicted octanol–water partition coefficient (Wildman–Crippen LogP) is 4.94. The van der Waals surface area contributed by atoms with Gasteiger partial charge in [-0.25, -0.2) is 0 Å². The van der Waals surface area contributed by atoms with E-state index in [-0.39, 0.29) is 17.2 Å². The summed E-state index contributed by atoms with van der Waals surface area (Å²) in [6.45, 7) is 2.03. The van der Waals surface area contributed by atoms with Crippen molar-refractivity contribution in [3.63, 3.8) is 0 Å². The van der Waals surface area contributed by atoms with Gasteiger partial charge in [0.2, 0.25) is 5.91 Å². The maximum absolute atomic E-state index is 12.9. The summed E-state index contributed by atoms with van der Waals surface area (Å²) in [5.41, 5.74) is 4.23. The summed E-state index contributed by atoms with van der Waals surface area (Å²) in [6.07, 6.45) is 0.846. The highest BCUT2D eigenvalue weighted by molar-refractivity contribution is 5.97. The van der Waals surface area contributed by atoms with E-state index in [1.807, 2.05) is 67.6 Å². The van der Waals surface area contributed by atoms with Crippen molar-refractivity contribution in [1.29, 1.82) is 0 Å². The zero-order valence-electron chi connectivity index (χ0n) is 14.3. The molecule has 1 aliphatic carbocycles. The molecule has 0 saturated heterocycles. The first-order valence-corrected chi connectivity index (χ1v) is 8.69. The largest absolute Gasteiger partial charge is 0.326 e. The molecule has 124 valence electrons. The molecule has 1 N–H and O–H groups in total. The van der Waals surface area contributed by atoms with Gasteiger partial charge in [-0.05, 0) is 42.2 Å². The van der Waals surface area contributed by atoms with E-state index in [0.29, 0.717) is 0 Å². The number of benzene rings is 3. The summed E-state index contributed by atoms with van der Waals surface area (Å²) in [4.78, 5) is 12.9. The lowest BCUT2D eigenvalue weighted by Crippen LogP contribution is -2.22. The van der Waals surface area contributed by atoms with Crippen LogP contribution in [0.3, 0.4) is 0 Å². The second-order valence-corrected chi connectivity index (χ2v) is 6.82. The van der Waals surface area contributed by atoms with Gasteiger partial charge in [-0.2, -0.15) is 0 Å². The van der Waals surface area contributed by atoms with Crippen LogP contribution in [0.15, 0.2) is 84.9 Å². The average Bonchev–Trinajstić information content (AvgIpc) is 3.40. The van der Waals surface area contributed by atoms with Crippen molar-refractivity contribution in [1.82, 2.24) is 0 Å². The van der Waals surface area contributed by atoms with Crippen LogP contribution in [0.5, 0.6) is 0 Å². The Kier molecular flexibility index (Phi) is 3.89. The number of hydrogen-bond donors (Lipinski definition) is 1. The van der Waals surface area contributed by atoms with Gasteiger partial charge < -0.3 is 5.32 Å². The molecule has 3 aromatic rings. The van der Waals surface area contributed by atoms with Gasteiger partial charge in [-0.15, -0.1) is 0 Å². The Bertz CT molecular complexity index is 847. The molecule has 2 nitrogen and oxygen atoms in total. The van der Waals surface area contributed by atoms with Gasteiger partial charge >= 0.3 is 0 Å². The fraction of sp³-hybridized carbons (Fsp3) is 0.174. The summed E-state index contributed by atoms with van der Waals surface area (Å²) < 4.78 is 0. The van der Waals surface area contributed by atoms with Gasteiger partial charge in [0.25, 0.3) is 0 Å². The molecule has 0 spiro atoms. The number of carbonyl (C=O) groups excluding carboxylic acids is 1. The van der Waals surface area contributed by atoms with Crippen molar-refractivity contribution in [2.75, 3.05) is 5.32 Å². The monoisotopic (exact) mass is 327 g/mol. The van der Waals surface area contributed by atoms with Gasteiger partial charge in [0.1, 0.15) is 0 Å². The van der Waals surface area contributed by atoms with Crippen LogP contribution in [-0.2, 0) is 10.2 Å². The highest BCUT2D eigenvalue weighted by Crippen LogP contribution is 2.59. The quantitative estimate of drug-likeness (QED) is 0.722. The first-order chi connectivity index (χ1) is 12.2. The number of amides is 1. The van der Waals surface area contributed by atoms with Crippen LogP contribution in [-0.4, -0.2) is 5.91 Å². The predicted molar refractivity (Wildman–Crippen MR) is 102 cm³/mol. The van der Waals surface area contributed by atoms with E-state index in [1.54, 1.807) is 0 Å². The molecule has 0 aromatic heterocycles. The van der Waals surface area contributed by atoms with E-state index in [9.17, 15) is 4.79 Å². The van der Waals surface area contributed by atoms with Gasteiger partial charge in [-0.3, -0.25) is 4.79 Å². The van der Waals surface area contributed by atoms with E-state index in [0.717, 1.165) is 17.7 Å². The van der Waals surface area contributed by atoms with E-state index in [4.69, 9.17) is 0 Å². The van der Waals surface area contributed by atoms with Gasteiger partial charge in [-0.1, -0.05) is 72.8 Å². The number of nitrogens with one attached hydrogen (secondary N) is 1. The lowest BCUT2D eigenvalue weighted by atomic mass is 9.85. The fourth-order valence-electron chi connectivity index (χ4n) is 3.81. The maximum atomic E-state index is 12.9. The zero-order valence-corrected chi connectivity index (χ0v) is 14.3. The molecule has 1 amide bonds. The molecule has 4 rings (SSSR count). The Morgan fingerprint density at radius 1 is 0.880 bits per heavy atom. The topological polar surface area (TPSA) is 29.1 Å². The SMILES string of the molecule is Cc1cccc(NC(=O)C2CC2(c2ccccc2)c2ccccc2)c1. The third kappa shape index (κ3) is 2.85. The van der Waals surface area contributed by atoms with Crippen molar-refractivity contribution in [3.05, 3.63) is 102 Å². The molecule has 2 heteroatoms. The smallest absolute Gasteiger partial charge is 0.228 e. The van der Waals surface area contributed by atoms with Gasteiger partial charge in [0.15, 0.2) is 0 Å². The van der Waals surface area contributed by atoms with Crippen LogP contribution in [0.4, 0.5) is 5.69 Å². The first-order valence-electron chi connectivity index (χ1n) is 8.69. The summed E-state index contributed by atoms with van der Waals surface area (Å²) in [5.74, 6) is 0.0520. The van der Waals surface area contributed by atoms with Crippen molar-refractivity contribution >= 4 is 11.6 Å². The Hall–Kier alpha value is -2.87. The third-order valence-corrected chi connectivity index (χ3v) is 5.14. The Balaban J connectivity index is 1.65. The van der Waals surface area contributed by atoms with E-state index in [1.165, 1.54) is 11.1 Å². The maximum Gasteiger partial charge on any atom is 0.228 e. The lowest BCUT2D eigenvalue weighted by molar-refractivity contribution is -0.117. The van der Waals surface area contributed by atoms with E-state index in [2.05, 4.69) is 29.6 Å². The van der Waals surface area contributed by atoms with E-state index >= 15 is 0 Å². The second-order valence-electron chi connectivity index (χ2n) is 6.82. The second kappa shape index (κ2) is 6.21. The number of aryl methyl sites for hydroxylation is 1. The van der Waals surface area contributed by atoms with Crippen molar-refractivity contribution in [2.24, 2.45) is 5.92 Å². The third-order valence-electron chi connectivity index (χ3n) is 5.14. The standard InChI is InChI=1S/C23H21NO/c1-17-9-8-14-20(15-17)24-22(25)21-16-23(21,18-10-4-2-5-11-18)19-12-6-3-7-13-19/h2-15,21H,16H2,1H3,(H,24,25). The summed E-state index contributed by atoms with van der Waals surface area (Å²) in [6, 6.07) is 28.7. The summed E-state index contributed by atoms with van der Waals surface area (Å²) in [5, 5.41) is 3.10. The molecule has 3 aromatic carbocycles. The number of anilines is 1. The Labute approximate surface area is 148 Å². The van der Waals surface area contributed by atoms with Crippen LogP contribution in [0.2, 0.25) is 0 Å². The highest BCUT2D eigenvalue weighted by Gasteiger charge is 2.60. The highest BCUT2D eigenvalue weighted by atomic mass is 16.2. The van der Waals surface area contributed by atoms with Crippen LogP contribution >= 0.6 is 0 Å². The number of carbonyl (C=O) groups is 1. The van der Waals surface area contributed by atoms with Crippen LogP contribution in [0.25, 0.3) is 0 Å². The molecule has 1 saturated carbocycles. The first kappa shape index (κ1) is 15.6. The van der Waals surface area contributed by atoms with Gasteiger partial charge in [0.05, 0.1) is 5.92 Å². The molecule has 0 radical (unpaired) electrons. The minimum absolute atomic E-state index is 0.0437. The molecule has 1 unspecified atom stereocenters. The minimum Gasteiger partial charge on any atom is -0.326 e. The molecule has 0 aliphatic heterocycles. The van der Waals surface area contributed by atoms with Gasteiger partial charge in [0, 0.05) is 11.1 Å². The van der Waals surface area contributed by atoms with Crippen LogP contribution in [0.1, 0.15) is 23.1 Å². The molecule has 0 bridgehead atoms. The van der Waals surface area contributed by atoms with E-state index < -0.39 is 0 Å². The Morgan fingerprint density at radius 2 is 1.48 bits per heavy atom.